The summed E-state index contributed by atoms with van der Waals surface area (Å²) in [7, 11) is 0. The van der Waals surface area contributed by atoms with Crippen LogP contribution in [0.5, 0.6) is 0 Å². The van der Waals surface area contributed by atoms with Crippen LogP contribution >= 0.6 is 11.3 Å². The van der Waals surface area contributed by atoms with Crippen LogP contribution < -0.4 is 0 Å². The maximum absolute atomic E-state index is 5.01. The zero-order chi connectivity index (χ0) is 9.64. The molecule has 0 unspecified atom stereocenters. The fraction of sp³-hybridized carbons (Fsp3) is 0. The first-order valence-electron chi connectivity index (χ1n) is 4.07. The van der Waals surface area contributed by atoms with Gasteiger partial charge in [0.05, 0.1) is 5.51 Å². The van der Waals surface area contributed by atoms with Gasteiger partial charge in [0.2, 0.25) is 0 Å². The molecule has 0 radical (unpaired) electrons. The number of nitrogens with zero attached hydrogens (tertiary/aromatic N) is 2. The first-order valence-corrected chi connectivity index (χ1v) is 5.01. The van der Waals surface area contributed by atoms with Crippen molar-refractivity contribution in [3.05, 3.63) is 47.7 Å². The molecule has 3 rings (SSSR count). The Morgan fingerprint density at radius 2 is 2.14 bits per heavy atom. The summed E-state index contributed by atoms with van der Waals surface area (Å²) < 4.78 is 5.01. The molecule has 70 valence electrons. The van der Waals surface area contributed by atoms with Crippen LogP contribution in [0.1, 0.15) is 0 Å². The summed E-state index contributed by atoms with van der Waals surface area (Å²) in [6, 6.07) is 7.67. The summed E-state index contributed by atoms with van der Waals surface area (Å²) in [4.78, 5) is 7.69. The van der Waals surface area contributed by atoms with Crippen molar-refractivity contribution in [2.75, 3.05) is 0 Å². The molecule has 0 aliphatic rings. The van der Waals surface area contributed by atoms with E-state index in [2.05, 4.69) is 9.97 Å². The molecular weight excluding hydrogens is 196 g/mol. The topological polar surface area (TPSA) is 38.9 Å². The normalized spacial score (nSPS) is 9.43. The van der Waals surface area contributed by atoms with Crippen molar-refractivity contribution in [3.63, 3.8) is 0 Å². The zero-order valence-electron chi connectivity index (χ0n) is 7.33. The van der Waals surface area contributed by atoms with Crippen molar-refractivity contribution in [2.45, 2.75) is 0 Å². The second kappa shape index (κ2) is 4.53. The van der Waals surface area contributed by atoms with Crippen LogP contribution in [0.25, 0.3) is 11.1 Å². The average Bonchev–Trinajstić information content (AvgIpc) is 2.92. The van der Waals surface area contributed by atoms with Gasteiger partial charge in [0.15, 0.2) is 12.0 Å². The minimum absolute atomic E-state index is 0.845. The van der Waals surface area contributed by atoms with Crippen LogP contribution in [0.2, 0.25) is 0 Å². The number of thiazole rings is 1. The number of hydrogen-bond acceptors (Lipinski definition) is 4. The van der Waals surface area contributed by atoms with Crippen molar-refractivity contribution in [1.29, 1.82) is 0 Å². The van der Waals surface area contributed by atoms with Gasteiger partial charge >= 0.3 is 0 Å². The van der Waals surface area contributed by atoms with E-state index in [4.69, 9.17) is 4.42 Å². The molecule has 14 heavy (non-hydrogen) atoms. The standard InChI is InChI=1S/C7H5NO.C3H3NS/c1-2-4-7-6(3-1)8-5-9-7;1-2-5-3-4-1/h1-5H;1-3H. The molecule has 0 atom stereocenters. The number of oxazole rings is 1. The van der Waals surface area contributed by atoms with Crippen LogP contribution in [-0.2, 0) is 0 Å². The lowest BCUT2D eigenvalue weighted by Gasteiger charge is -1.79. The molecule has 2 heterocycles. The Bertz CT molecular complexity index is 428. The average molecular weight is 204 g/mol. The van der Waals surface area contributed by atoms with Crippen LogP contribution in [0.3, 0.4) is 0 Å². The van der Waals surface area contributed by atoms with Crippen molar-refractivity contribution >= 4 is 22.4 Å². The number of para-hydroxylation sites is 2. The van der Waals surface area contributed by atoms with E-state index in [1.54, 1.807) is 23.0 Å². The molecule has 0 amide bonds. The van der Waals surface area contributed by atoms with E-state index in [0.29, 0.717) is 0 Å². The Morgan fingerprint density at radius 1 is 1.21 bits per heavy atom. The summed E-state index contributed by atoms with van der Waals surface area (Å²) in [5.74, 6) is 0. The first kappa shape index (κ1) is 8.90. The highest BCUT2D eigenvalue weighted by Crippen LogP contribution is 2.09. The molecule has 0 spiro atoms. The molecule has 0 N–H and O–H groups in total. The molecule has 0 saturated carbocycles. The van der Waals surface area contributed by atoms with Gasteiger partial charge in [-0.15, -0.1) is 11.3 Å². The van der Waals surface area contributed by atoms with Gasteiger partial charge in [0.25, 0.3) is 0 Å². The van der Waals surface area contributed by atoms with Gasteiger partial charge in [-0.3, -0.25) is 4.98 Å². The van der Waals surface area contributed by atoms with Gasteiger partial charge in [-0.2, -0.15) is 0 Å². The van der Waals surface area contributed by atoms with E-state index in [9.17, 15) is 0 Å². The number of hydrogen-bond donors (Lipinski definition) is 0. The molecule has 3 nitrogen and oxygen atoms in total. The monoisotopic (exact) mass is 204 g/mol. The Labute approximate surface area is 85.0 Å². The number of aromatic nitrogens is 2. The third kappa shape index (κ3) is 2.17. The van der Waals surface area contributed by atoms with Crippen molar-refractivity contribution in [3.8, 4) is 0 Å². The maximum atomic E-state index is 5.01. The molecule has 0 aliphatic carbocycles. The van der Waals surface area contributed by atoms with Crippen molar-refractivity contribution in [2.24, 2.45) is 0 Å². The smallest absolute Gasteiger partial charge is 0.181 e. The SMILES string of the molecule is c1ccc2ocnc2c1.c1cscn1. The van der Waals surface area contributed by atoms with E-state index < -0.39 is 0 Å². The van der Waals surface area contributed by atoms with E-state index >= 15 is 0 Å². The van der Waals surface area contributed by atoms with Gasteiger partial charge in [-0.1, -0.05) is 12.1 Å². The summed E-state index contributed by atoms with van der Waals surface area (Å²) in [5, 5.41) is 1.93. The highest BCUT2D eigenvalue weighted by atomic mass is 32.1. The number of benzene rings is 1. The second-order valence-corrected chi connectivity index (χ2v) is 3.25. The van der Waals surface area contributed by atoms with Gasteiger partial charge in [0.1, 0.15) is 5.52 Å². The lowest BCUT2D eigenvalue weighted by Crippen LogP contribution is -1.61. The summed E-state index contributed by atoms with van der Waals surface area (Å²) in [6.45, 7) is 0. The molecule has 3 aromatic rings. The van der Waals surface area contributed by atoms with E-state index in [1.807, 2.05) is 29.6 Å². The van der Waals surface area contributed by atoms with Crippen LogP contribution in [-0.4, -0.2) is 9.97 Å². The predicted molar refractivity (Wildman–Crippen MR) is 56.1 cm³/mol. The summed E-state index contributed by atoms with van der Waals surface area (Å²) in [5.41, 5.74) is 3.55. The second-order valence-electron chi connectivity index (χ2n) is 2.50. The predicted octanol–water partition coefficient (Wildman–Crippen LogP) is 2.97. The van der Waals surface area contributed by atoms with Crippen molar-refractivity contribution in [1.82, 2.24) is 9.97 Å². The summed E-state index contributed by atoms with van der Waals surface area (Å²) >= 11 is 1.60. The quantitative estimate of drug-likeness (QED) is 0.565. The van der Waals surface area contributed by atoms with Crippen LogP contribution in [0.4, 0.5) is 0 Å². The molecule has 2 aromatic heterocycles. The molecule has 4 heteroatoms. The highest BCUT2D eigenvalue weighted by Gasteiger charge is 1.91. The van der Waals surface area contributed by atoms with E-state index in [-0.39, 0.29) is 0 Å². The molecular formula is C10H8N2OS. The lowest BCUT2D eigenvalue weighted by atomic mass is 10.3. The molecule has 0 bridgehead atoms. The minimum Gasteiger partial charge on any atom is -0.443 e. The number of fused-ring (bicyclic) bond motifs is 1. The van der Waals surface area contributed by atoms with Gasteiger partial charge in [-0.25, -0.2) is 4.98 Å². The largest absolute Gasteiger partial charge is 0.443 e. The Morgan fingerprint density at radius 3 is 2.79 bits per heavy atom. The van der Waals surface area contributed by atoms with Gasteiger partial charge in [-0.05, 0) is 12.1 Å². The Balaban J connectivity index is 0.000000128. The molecule has 0 fully saturated rings. The van der Waals surface area contributed by atoms with E-state index in [0.717, 1.165) is 11.1 Å². The minimum atomic E-state index is 0.845. The zero-order valence-corrected chi connectivity index (χ0v) is 8.15. The Hall–Kier alpha value is -1.68. The first-order chi connectivity index (χ1) is 6.97. The van der Waals surface area contributed by atoms with Gasteiger partial charge < -0.3 is 4.42 Å². The lowest BCUT2D eigenvalue weighted by molar-refractivity contribution is 0.602. The van der Waals surface area contributed by atoms with Crippen LogP contribution in [0.15, 0.2) is 52.2 Å². The third-order valence-corrected chi connectivity index (χ3v) is 2.11. The van der Waals surface area contributed by atoms with Crippen molar-refractivity contribution < 1.29 is 4.42 Å². The summed E-state index contributed by atoms with van der Waals surface area (Å²) in [6.07, 6.45) is 3.22. The molecule has 0 aliphatic heterocycles. The van der Waals surface area contributed by atoms with Crippen LogP contribution in [0, 0.1) is 0 Å². The molecule has 1 aromatic carbocycles. The van der Waals surface area contributed by atoms with Gasteiger partial charge in [0, 0.05) is 11.6 Å². The fourth-order valence-electron chi connectivity index (χ4n) is 0.979. The Kier molecular flexibility index (Phi) is 2.88. The number of rotatable bonds is 0. The molecule has 0 saturated heterocycles. The third-order valence-electron chi connectivity index (χ3n) is 1.58. The maximum Gasteiger partial charge on any atom is 0.181 e. The van der Waals surface area contributed by atoms with E-state index in [1.165, 1.54) is 6.39 Å². The fourth-order valence-corrected chi connectivity index (χ4v) is 1.33. The highest BCUT2D eigenvalue weighted by molar-refractivity contribution is 7.07.